The molecular weight excluding hydrogens is 309 g/mol. The second-order valence-corrected chi connectivity index (χ2v) is 4.98. The van der Waals surface area contributed by atoms with Crippen LogP contribution in [0.25, 0.3) is 0 Å². The van der Waals surface area contributed by atoms with Crippen LogP contribution in [0.3, 0.4) is 0 Å². The summed E-state index contributed by atoms with van der Waals surface area (Å²) in [6.45, 7) is 1.59. The second kappa shape index (κ2) is 7.13. The fourth-order valence-electron chi connectivity index (χ4n) is 1.78. The van der Waals surface area contributed by atoms with Crippen LogP contribution in [0, 0.1) is 5.82 Å². The normalized spacial score (nSPS) is 11.6. The first-order valence-corrected chi connectivity index (χ1v) is 6.94. The molecule has 0 aliphatic carbocycles. The van der Waals surface area contributed by atoms with Gasteiger partial charge >= 0.3 is 0 Å². The Morgan fingerprint density at radius 1 is 1.23 bits per heavy atom. The lowest BCUT2D eigenvalue weighted by molar-refractivity contribution is -0.122. The molecule has 0 saturated carbocycles. The Morgan fingerprint density at radius 2 is 1.91 bits per heavy atom. The Labute approximate surface area is 132 Å². The quantitative estimate of drug-likeness (QED) is 0.908. The van der Waals surface area contributed by atoms with Crippen LogP contribution < -0.4 is 14.8 Å². The van der Waals surface area contributed by atoms with Gasteiger partial charge in [-0.25, -0.2) is 4.39 Å². The van der Waals surface area contributed by atoms with Crippen molar-refractivity contribution >= 4 is 23.2 Å². The topological polar surface area (TPSA) is 47.6 Å². The van der Waals surface area contributed by atoms with Gasteiger partial charge in [0.1, 0.15) is 17.3 Å². The summed E-state index contributed by atoms with van der Waals surface area (Å²) in [6.07, 6.45) is -0.769. The summed E-state index contributed by atoms with van der Waals surface area (Å²) >= 11 is 5.91. The minimum atomic E-state index is -0.769. The van der Waals surface area contributed by atoms with Crippen LogP contribution in [0.2, 0.25) is 5.02 Å². The van der Waals surface area contributed by atoms with Crippen molar-refractivity contribution in [1.29, 1.82) is 0 Å². The molecule has 1 unspecified atom stereocenters. The van der Waals surface area contributed by atoms with Crippen LogP contribution in [0.4, 0.5) is 10.1 Å². The number of methoxy groups -OCH3 is 1. The Kier molecular flexibility index (Phi) is 5.22. The number of amides is 1. The third kappa shape index (κ3) is 4.11. The van der Waals surface area contributed by atoms with Crippen LogP contribution in [0.5, 0.6) is 11.5 Å². The number of nitrogens with one attached hydrogen (secondary N) is 1. The fourth-order valence-corrected chi connectivity index (χ4v) is 1.96. The molecule has 0 heterocycles. The van der Waals surface area contributed by atoms with Crippen LogP contribution in [0.1, 0.15) is 6.92 Å². The number of ether oxygens (including phenoxy) is 2. The lowest BCUT2D eigenvalue weighted by Gasteiger charge is -2.16. The van der Waals surface area contributed by atoms with Gasteiger partial charge in [-0.15, -0.1) is 0 Å². The summed E-state index contributed by atoms with van der Waals surface area (Å²) in [5, 5.41) is 3.16. The largest absolute Gasteiger partial charge is 0.495 e. The van der Waals surface area contributed by atoms with Crippen molar-refractivity contribution in [3.8, 4) is 11.5 Å². The molecule has 1 amide bonds. The van der Waals surface area contributed by atoms with Gasteiger partial charge in [0, 0.05) is 5.02 Å². The van der Waals surface area contributed by atoms with Crippen molar-refractivity contribution in [2.45, 2.75) is 13.0 Å². The number of benzene rings is 2. The van der Waals surface area contributed by atoms with E-state index >= 15 is 0 Å². The molecule has 0 fully saturated rings. The summed E-state index contributed by atoms with van der Waals surface area (Å²) in [5.41, 5.74) is 0.453. The monoisotopic (exact) mass is 323 g/mol. The zero-order valence-electron chi connectivity index (χ0n) is 12.1. The summed E-state index contributed by atoms with van der Waals surface area (Å²) in [7, 11) is 1.50. The molecule has 0 spiro atoms. The van der Waals surface area contributed by atoms with Crippen LogP contribution in [-0.2, 0) is 4.79 Å². The summed E-state index contributed by atoms with van der Waals surface area (Å²) < 4.78 is 23.4. The molecule has 0 saturated heterocycles. The molecule has 1 atom stereocenters. The Hall–Kier alpha value is -2.27. The van der Waals surface area contributed by atoms with Gasteiger partial charge in [-0.2, -0.15) is 0 Å². The molecule has 4 nitrogen and oxygen atoms in total. The van der Waals surface area contributed by atoms with Gasteiger partial charge in [0.25, 0.3) is 5.91 Å². The van der Waals surface area contributed by atoms with E-state index in [1.807, 2.05) is 0 Å². The van der Waals surface area contributed by atoms with Crippen molar-refractivity contribution in [3.05, 3.63) is 53.3 Å². The van der Waals surface area contributed by atoms with Gasteiger partial charge in [-0.05, 0) is 49.4 Å². The highest BCUT2D eigenvalue weighted by atomic mass is 35.5. The molecule has 116 valence electrons. The Morgan fingerprint density at radius 3 is 2.55 bits per heavy atom. The SMILES string of the molecule is COc1ccc(Cl)cc1NC(=O)C(C)Oc1ccc(F)cc1. The highest BCUT2D eigenvalue weighted by molar-refractivity contribution is 6.31. The maximum atomic E-state index is 12.8. The van der Waals surface area contributed by atoms with E-state index in [0.717, 1.165) is 0 Å². The molecule has 2 aromatic carbocycles. The van der Waals surface area contributed by atoms with E-state index < -0.39 is 6.10 Å². The second-order valence-electron chi connectivity index (χ2n) is 4.55. The maximum absolute atomic E-state index is 12.8. The molecule has 0 aliphatic rings. The third-order valence-electron chi connectivity index (χ3n) is 2.92. The van der Waals surface area contributed by atoms with Crippen LogP contribution in [0.15, 0.2) is 42.5 Å². The Balaban J connectivity index is 2.05. The summed E-state index contributed by atoms with van der Waals surface area (Å²) in [5.74, 6) is 0.159. The average molecular weight is 324 g/mol. The molecule has 6 heteroatoms. The van der Waals surface area contributed by atoms with Gasteiger partial charge in [0.2, 0.25) is 0 Å². The molecular formula is C16H15ClFNO3. The van der Waals surface area contributed by atoms with Gasteiger partial charge in [0.05, 0.1) is 12.8 Å². The van der Waals surface area contributed by atoms with Gasteiger partial charge in [-0.1, -0.05) is 11.6 Å². The van der Waals surface area contributed by atoms with E-state index in [0.29, 0.717) is 22.2 Å². The van der Waals surface area contributed by atoms with E-state index in [9.17, 15) is 9.18 Å². The molecule has 22 heavy (non-hydrogen) atoms. The fraction of sp³-hybridized carbons (Fsp3) is 0.188. The highest BCUT2D eigenvalue weighted by Gasteiger charge is 2.17. The van der Waals surface area contributed by atoms with Crippen LogP contribution in [-0.4, -0.2) is 19.1 Å². The predicted molar refractivity (Wildman–Crippen MR) is 83.1 cm³/mol. The van der Waals surface area contributed by atoms with Gasteiger partial charge < -0.3 is 14.8 Å². The number of carbonyl (C=O) groups excluding carboxylic acids is 1. The zero-order chi connectivity index (χ0) is 16.1. The van der Waals surface area contributed by atoms with E-state index in [-0.39, 0.29) is 11.7 Å². The number of halogens is 2. The number of hydrogen-bond donors (Lipinski definition) is 1. The molecule has 0 aromatic heterocycles. The molecule has 0 bridgehead atoms. The van der Waals surface area contributed by atoms with E-state index in [2.05, 4.69) is 5.32 Å². The number of carbonyl (C=O) groups is 1. The van der Waals surface area contributed by atoms with Crippen molar-refractivity contribution in [2.24, 2.45) is 0 Å². The Bertz CT molecular complexity index is 661. The minimum Gasteiger partial charge on any atom is -0.495 e. The van der Waals surface area contributed by atoms with Gasteiger partial charge in [0.15, 0.2) is 6.10 Å². The van der Waals surface area contributed by atoms with Crippen molar-refractivity contribution in [1.82, 2.24) is 0 Å². The smallest absolute Gasteiger partial charge is 0.265 e. The first-order valence-electron chi connectivity index (χ1n) is 6.56. The van der Waals surface area contributed by atoms with Crippen molar-refractivity contribution < 1.29 is 18.7 Å². The van der Waals surface area contributed by atoms with Crippen molar-refractivity contribution in [2.75, 3.05) is 12.4 Å². The maximum Gasteiger partial charge on any atom is 0.265 e. The minimum absolute atomic E-state index is 0.367. The molecule has 0 aliphatic heterocycles. The van der Waals surface area contributed by atoms with E-state index in [1.54, 1.807) is 25.1 Å². The molecule has 1 N–H and O–H groups in total. The predicted octanol–water partition coefficient (Wildman–Crippen LogP) is 3.89. The van der Waals surface area contributed by atoms with Crippen LogP contribution >= 0.6 is 11.6 Å². The highest BCUT2D eigenvalue weighted by Crippen LogP contribution is 2.28. The standard InChI is InChI=1S/C16H15ClFNO3/c1-10(22-13-6-4-12(18)5-7-13)16(20)19-14-9-11(17)3-8-15(14)21-2/h3-10H,1-2H3,(H,19,20). The first kappa shape index (κ1) is 16.1. The lowest BCUT2D eigenvalue weighted by Crippen LogP contribution is -2.30. The molecule has 2 aromatic rings. The molecule has 2 rings (SSSR count). The third-order valence-corrected chi connectivity index (χ3v) is 3.15. The number of hydrogen-bond acceptors (Lipinski definition) is 3. The van der Waals surface area contributed by atoms with Crippen molar-refractivity contribution in [3.63, 3.8) is 0 Å². The van der Waals surface area contributed by atoms with Gasteiger partial charge in [-0.3, -0.25) is 4.79 Å². The summed E-state index contributed by atoms with van der Waals surface area (Å²) in [6, 6.07) is 10.3. The number of rotatable bonds is 5. The average Bonchev–Trinajstić information content (AvgIpc) is 2.49. The number of anilines is 1. The molecule has 0 radical (unpaired) electrons. The zero-order valence-corrected chi connectivity index (χ0v) is 12.9. The van der Waals surface area contributed by atoms with E-state index in [4.69, 9.17) is 21.1 Å². The van der Waals surface area contributed by atoms with E-state index in [1.165, 1.54) is 31.4 Å². The summed E-state index contributed by atoms with van der Waals surface area (Å²) in [4.78, 5) is 12.2. The lowest BCUT2D eigenvalue weighted by atomic mass is 10.2. The first-order chi connectivity index (χ1) is 10.5.